The lowest BCUT2D eigenvalue weighted by atomic mass is 10.2. The number of methoxy groups -OCH3 is 1. The zero-order valence-electron chi connectivity index (χ0n) is 15.5. The fourth-order valence-corrected chi connectivity index (χ4v) is 2.24. The van der Waals surface area contributed by atoms with E-state index in [1.54, 1.807) is 7.11 Å². The molecule has 0 aliphatic heterocycles. The topological polar surface area (TPSA) is 72.7 Å². The van der Waals surface area contributed by atoms with Crippen LogP contribution in [0.4, 0.5) is 0 Å². The fraction of sp³-hybridized carbons (Fsp3) is 0.750. The zero-order valence-corrected chi connectivity index (χ0v) is 17.8. The number of aliphatic imine (C=N–C) groups is 1. The summed E-state index contributed by atoms with van der Waals surface area (Å²) in [7, 11) is 1.70. The van der Waals surface area contributed by atoms with Gasteiger partial charge < -0.3 is 20.1 Å². The van der Waals surface area contributed by atoms with Gasteiger partial charge in [0, 0.05) is 38.1 Å². The van der Waals surface area contributed by atoms with Crippen molar-refractivity contribution in [3.63, 3.8) is 0 Å². The first-order valence-electron chi connectivity index (χ1n) is 8.25. The Morgan fingerprint density at radius 3 is 2.58 bits per heavy atom. The molecular formula is C16H32IN5O2. The summed E-state index contributed by atoms with van der Waals surface area (Å²) in [4.78, 5) is 4.65. The molecule has 8 heteroatoms. The van der Waals surface area contributed by atoms with Gasteiger partial charge in [0.2, 0.25) is 0 Å². The maximum absolute atomic E-state index is 5.33. The quantitative estimate of drug-likeness (QED) is 0.245. The normalized spacial score (nSPS) is 11.3. The van der Waals surface area contributed by atoms with Crippen LogP contribution in [0.3, 0.4) is 0 Å². The van der Waals surface area contributed by atoms with E-state index in [2.05, 4.69) is 34.6 Å². The van der Waals surface area contributed by atoms with E-state index in [0.717, 1.165) is 43.6 Å². The second-order valence-corrected chi connectivity index (χ2v) is 5.18. The number of nitrogens with zero attached hydrogens (tertiary/aromatic N) is 3. The first-order chi connectivity index (χ1) is 11.1. The highest BCUT2D eigenvalue weighted by atomic mass is 127. The lowest BCUT2D eigenvalue weighted by molar-refractivity contribution is 0.152. The minimum atomic E-state index is 0. The molecule has 0 aliphatic carbocycles. The molecule has 0 bridgehead atoms. The Kier molecular flexibility index (Phi) is 12.9. The van der Waals surface area contributed by atoms with Crippen molar-refractivity contribution >= 4 is 29.9 Å². The summed E-state index contributed by atoms with van der Waals surface area (Å²) in [5, 5.41) is 11.1. The van der Waals surface area contributed by atoms with Crippen molar-refractivity contribution < 1.29 is 9.47 Å². The molecule has 24 heavy (non-hydrogen) atoms. The number of aryl methyl sites for hydroxylation is 1. The van der Waals surface area contributed by atoms with E-state index >= 15 is 0 Å². The predicted octanol–water partition coefficient (Wildman–Crippen LogP) is 1.86. The van der Waals surface area contributed by atoms with Crippen LogP contribution in [0, 0.1) is 13.8 Å². The lowest BCUT2D eigenvalue weighted by Crippen LogP contribution is -2.39. The smallest absolute Gasteiger partial charge is 0.191 e. The van der Waals surface area contributed by atoms with Crippen molar-refractivity contribution in [3.8, 4) is 0 Å². The molecule has 0 spiro atoms. The number of rotatable bonds is 10. The van der Waals surface area contributed by atoms with Crippen molar-refractivity contribution in [3.05, 3.63) is 17.0 Å². The van der Waals surface area contributed by atoms with Crippen LogP contribution in [0.25, 0.3) is 0 Å². The van der Waals surface area contributed by atoms with Gasteiger partial charge in [0.05, 0.1) is 32.0 Å². The highest BCUT2D eigenvalue weighted by Crippen LogP contribution is 2.14. The average Bonchev–Trinajstić information content (AvgIpc) is 2.81. The summed E-state index contributed by atoms with van der Waals surface area (Å²) < 4.78 is 12.4. The van der Waals surface area contributed by atoms with Crippen LogP contribution in [-0.2, 0) is 22.6 Å². The second-order valence-electron chi connectivity index (χ2n) is 5.18. The van der Waals surface area contributed by atoms with E-state index in [4.69, 9.17) is 9.47 Å². The summed E-state index contributed by atoms with van der Waals surface area (Å²) in [5.74, 6) is 0.802. The largest absolute Gasteiger partial charge is 0.383 e. The van der Waals surface area contributed by atoms with Crippen molar-refractivity contribution in [2.45, 2.75) is 40.8 Å². The van der Waals surface area contributed by atoms with Gasteiger partial charge in [-0.15, -0.1) is 24.0 Å². The van der Waals surface area contributed by atoms with Crippen LogP contribution in [0.5, 0.6) is 0 Å². The van der Waals surface area contributed by atoms with Gasteiger partial charge in [-0.1, -0.05) is 0 Å². The molecule has 1 aromatic rings. The van der Waals surface area contributed by atoms with Crippen LogP contribution in [0.15, 0.2) is 4.99 Å². The van der Waals surface area contributed by atoms with Gasteiger partial charge in [-0.3, -0.25) is 4.68 Å². The van der Waals surface area contributed by atoms with E-state index in [1.165, 1.54) is 5.56 Å². The third kappa shape index (κ3) is 7.80. The van der Waals surface area contributed by atoms with Crippen LogP contribution in [0.1, 0.15) is 30.8 Å². The van der Waals surface area contributed by atoms with Crippen molar-refractivity contribution in [2.75, 3.05) is 40.0 Å². The highest BCUT2D eigenvalue weighted by molar-refractivity contribution is 14.0. The van der Waals surface area contributed by atoms with E-state index in [1.807, 2.05) is 18.5 Å². The fourth-order valence-electron chi connectivity index (χ4n) is 2.24. The van der Waals surface area contributed by atoms with Gasteiger partial charge in [-0.05, 0) is 27.7 Å². The molecule has 0 aliphatic rings. The van der Waals surface area contributed by atoms with Crippen molar-refractivity contribution in [1.29, 1.82) is 0 Å². The van der Waals surface area contributed by atoms with E-state index in [9.17, 15) is 0 Å². The van der Waals surface area contributed by atoms with Gasteiger partial charge in [-0.25, -0.2) is 4.99 Å². The van der Waals surface area contributed by atoms with Gasteiger partial charge >= 0.3 is 0 Å². The molecule has 2 N–H and O–H groups in total. The number of hydrogen-bond donors (Lipinski definition) is 2. The average molecular weight is 453 g/mol. The van der Waals surface area contributed by atoms with Crippen LogP contribution < -0.4 is 10.6 Å². The number of nitrogens with one attached hydrogen (secondary N) is 2. The van der Waals surface area contributed by atoms with Crippen molar-refractivity contribution in [2.24, 2.45) is 4.99 Å². The SMILES string of the molecule is CCNC(=NCc1c(C)nn(CCOC)c1C)NCCOCC.I. The monoisotopic (exact) mass is 453 g/mol. The van der Waals surface area contributed by atoms with E-state index in [-0.39, 0.29) is 24.0 Å². The summed E-state index contributed by atoms with van der Waals surface area (Å²) in [5.41, 5.74) is 3.34. The third-order valence-corrected chi connectivity index (χ3v) is 3.52. The summed E-state index contributed by atoms with van der Waals surface area (Å²) in [6, 6.07) is 0. The molecule has 0 fully saturated rings. The molecule has 7 nitrogen and oxygen atoms in total. The minimum Gasteiger partial charge on any atom is -0.383 e. The van der Waals surface area contributed by atoms with E-state index < -0.39 is 0 Å². The molecule has 140 valence electrons. The Bertz CT molecular complexity index is 491. The molecule has 1 rings (SSSR count). The maximum atomic E-state index is 5.33. The van der Waals surface area contributed by atoms with Crippen molar-refractivity contribution in [1.82, 2.24) is 20.4 Å². The molecule has 0 saturated carbocycles. The molecule has 0 unspecified atom stereocenters. The Morgan fingerprint density at radius 2 is 1.96 bits per heavy atom. The van der Waals surface area contributed by atoms with Gasteiger partial charge in [0.1, 0.15) is 0 Å². The second kappa shape index (κ2) is 13.4. The molecular weight excluding hydrogens is 421 g/mol. The van der Waals surface area contributed by atoms with Crippen LogP contribution in [0.2, 0.25) is 0 Å². The summed E-state index contributed by atoms with van der Waals surface area (Å²) in [6.07, 6.45) is 0. The van der Waals surface area contributed by atoms with Gasteiger partial charge in [0.15, 0.2) is 5.96 Å². The molecule has 1 heterocycles. The Balaban J connectivity index is 0.00000529. The van der Waals surface area contributed by atoms with Gasteiger partial charge in [-0.2, -0.15) is 5.10 Å². The lowest BCUT2D eigenvalue weighted by Gasteiger charge is -2.11. The minimum absolute atomic E-state index is 0. The molecule has 0 atom stereocenters. The highest BCUT2D eigenvalue weighted by Gasteiger charge is 2.11. The van der Waals surface area contributed by atoms with Gasteiger partial charge in [0.25, 0.3) is 0 Å². The third-order valence-electron chi connectivity index (χ3n) is 3.52. The maximum Gasteiger partial charge on any atom is 0.191 e. The first-order valence-corrected chi connectivity index (χ1v) is 8.25. The zero-order chi connectivity index (χ0) is 17.1. The first kappa shape index (κ1) is 23.1. The Morgan fingerprint density at radius 1 is 1.21 bits per heavy atom. The predicted molar refractivity (Wildman–Crippen MR) is 108 cm³/mol. The van der Waals surface area contributed by atoms with Crippen LogP contribution >= 0.6 is 24.0 Å². The number of hydrogen-bond acceptors (Lipinski definition) is 4. The molecule has 0 radical (unpaired) electrons. The number of halogens is 1. The standard InChI is InChI=1S/C16H31N5O2.HI/c1-6-17-16(18-8-10-23-7-2)19-12-15-13(3)20-21(14(15)4)9-11-22-5;/h6-12H2,1-5H3,(H2,17,18,19);1H. The molecule has 0 amide bonds. The number of ether oxygens (including phenoxy) is 2. The Hall–Kier alpha value is -0.870. The molecule has 1 aromatic heterocycles. The number of guanidine groups is 1. The number of aromatic nitrogens is 2. The van der Waals surface area contributed by atoms with Crippen LogP contribution in [-0.4, -0.2) is 55.8 Å². The summed E-state index contributed by atoms with van der Waals surface area (Å²) in [6.45, 7) is 13.1. The molecule has 0 aromatic carbocycles. The van der Waals surface area contributed by atoms with E-state index in [0.29, 0.717) is 19.8 Å². The summed E-state index contributed by atoms with van der Waals surface area (Å²) >= 11 is 0. The Labute approximate surface area is 162 Å². The molecule has 0 saturated heterocycles.